The minimum Gasteiger partial charge on any atom is -0.0991 e. The molecule has 0 atom stereocenters. The molecule has 41 heavy (non-hydrogen) atoms. The predicted octanol–water partition coefficient (Wildman–Crippen LogP) is 10.1. The van der Waals surface area contributed by atoms with Gasteiger partial charge in [0.15, 0.2) is 0 Å². The molecule has 1 spiro atoms. The van der Waals surface area contributed by atoms with Crippen molar-refractivity contribution in [3.63, 3.8) is 0 Å². The number of rotatable bonds is 4. The number of hydrogen-bond donors (Lipinski definition) is 0. The van der Waals surface area contributed by atoms with Crippen molar-refractivity contribution in [2.24, 2.45) is 0 Å². The number of hydrogen-bond acceptors (Lipinski definition) is 0. The molecule has 3 aliphatic rings. The van der Waals surface area contributed by atoms with Gasteiger partial charge >= 0.3 is 0 Å². The summed E-state index contributed by atoms with van der Waals surface area (Å²) in [4.78, 5) is 0. The first-order valence-electron chi connectivity index (χ1n) is 14.6. The van der Waals surface area contributed by atoms with Crippen LogP contribution in [0.25, 0.3) is 27.8 Å². The summed E-state index contributed by atoms with van der Waals surface area (Å²) < 4.78 is 0. The van der Waals surface area contributed by atoms with Crippen molar-refractivity contribution in [3.8, 4) is 22.3 Å². The van der Waals surface area contributed by atoms with Crippen LogP contribution in [0.5, 0.6) is 0 Å². The lowest BCUT2D eigenvalue weighted by atomic mass is 9.68. The van der Waals surface area contributed by atoms with Gasteiger partial charge in [-0.15, -0.1) is 0 Å². The smallest absolute Gasteiger partial charge is 0.0691 e. The zero-order valence-corrected chi connectivity index (χ0v) is 23.6. The van der Waals surface area contributed by atoms with Crippen molar-refractivity contribution in [2.45, 2.75) is 31.1 Å². The Morgan fingerprint density at radius 2 is 1.05 bits per heavy atom. The molecule has 0 nitrogen and oxygen atoms in total. The fraction of sp³-hybridized carbons (Fsp3) is 0.122. The molecule has 0 heteroatoms. The van der Waals surface area contributed by atoms with E-state index in [-0.39, 0.29) is 10.8 Å². The summed E-state index contributed by atoms with van der Waals surface area (Å²) >= 11 is 0. The minimum atomic E-state index is -0.331. The van der Waals surface area contributed by atoms with Gasteiger partial charge in [-0.05, 0) is 78.8 Å². The Bertz CT molecular complexity index is 1910. The maximum absolute atomic E-state index is 4.01. The summed E-state index contributed by atoms with van der Waals surface area (Å²) in [5.41, 5.74) is 17.5. The van der Waals surface area contributed by atoms with Gasteiger partial charge < -0.3 is 0 Å². The van der Waals surface area contributed by atoms with Gasteiger partial charge in [-0.1, -0.05) is 154 Å². The zero-order valence-electron chi connectivity index (χ0n) is 23.6. The summed E-state index contributed by atoms with van der Waals surface area (Å²) in [6.45, 7) is 8.75. The SMILES string of the molecule is C=C/C=C\C1=C(Cc2ccc3c(c2)C(C)(C)c2ccccc2-3)C2(c3ccccc31)c1ccccc1-c1ccccc12. The van der Waals surface area contributed by atoms with E-state index in [1.54, 1.807) is 0 Å². The van der Waals surface area contributed by atoms with E-state index in [4.69, 9.17) is 0 Å². The van der Waals surface area contributed by atoms with Crippen LogP contribution in [0.1, 0.15) is 52.8 Å². The molecule has 196 valence electrons. The van der Waals surface area contributed by atoms with Crippen LogP contribution in [-0.4, -0.2) is 0 Å². The van der Waals surface area contributed by atoms with E-state index in [9.17, 15) is 0 Å². The molecule has 0 heterocycles. The Labute approximate surface area is 243 Å². The number of benzene rings is 5. The first kappa shape index (κ1) is 24.1. The average Bonchev–Trinajstić information content (AvgIpc) is 3.55. The number of allylic oxidation sites excluding steroid dienone is 5. The first-order valence-corrected chi connectivity index (χ1v) is 14.6. The summed E-state index contributed by atoms with van der Waals surface area (Å²) in [5, 5.41) is 0. The fourth-order valence-corrected chi connectivity index (χ4v) is 8.07. The second kappa shape index (κ2) is 8.66. The third kappa shape index (κ3) is 3.11. The molecule has 0 saturated heterocycles. The van der Waals surface area contributed by atoms with E-state index in [0.29, 0.717) is 0 Å². The second-order valence-electron chi connectivity index (χ2n) is 12.1. The van der Waals surface area contributed by atoms with Crippen LogP contribution >= 0.6 is 0 Å². The second-order valence-corrected chi connectivity index (χ2v) is 12.1. The third-order valence-corrected chi connectivity index (χ3v) is 9.78. The zero-order chi connectivity index (χ0) is 27.8. The minimum absolute atomic E-state index is 0.0230. The molecule has 0 unspecified atom stereocenters. The van der Waals surface area contributed by atoms with Crippen molar-refractivity contribution in [1.82, 2.24) is 0 Å². The lowest BCUT2D eigenvalue weighted by Gasteiger charge is -2.33. The van der Waals surface area contributed by atoms with Gasteiger partial charge in [-0.3, -0.25) is 0 Å². The molecule has 0 aromatic heterocycles. The summed E-state index contributed by atoms with van der Waals surface area (Å²) in [7, 11) is 0. The number of fused-ring (bicyclic) bond motifs is 10. The molecule has 5 aromatic rings. The van der Waals surface area contributed by atoms with E-state index >= 15 is 0 Å². The van der Waals surface area contributed by atoms with Crippen molar-refractivity contribution >= 4 is 5.57 Å². The highest BCUT2D eigenvalue weighted by Crippen LogP contribution is 2.62. The van der Waals surface area contributed by atoms with Crippen LogP contribution in [0.2, 0.25) is 0 Å². The quantitative estimate of drug-likeness (QED) is 0.205. The Hall–Kier alpha value is -4.68. The Balaban J connectivity index is 1.39. The lowest BCUT2D eigenvalue weighted by Crippen LogP contribution is -2.28. The predicted molar refractivity (Wildman–Crippen MR) is 172 cm³/mol. The molecule has 5 aromatic carbocycles. The summed E-state index contributed by atoms with van der Waals surface area (Å²) in [6, 6.07) is 43.2. The van der Waals surface area contributed by atoms with Gasteiger partial charge in [0.05, 0.1) is 5.41 Å². The molecule has 8 rings (SSSR count). The van der Waals surface area contributed by atoms with Gasteiger partial charge in [0, 0.05) is 5.41 Å². The highest BCUT2D eigenvalue weighted by atomic mass is 14.5. The van der Waals surface area contributed by atoms with Gasteiger partial charge in [-0.2, -0.15) is 0 Å². The van der Waals surface area contributed by atoms with Crippen molar-refractivity contribution in [1.29, 1.82) is 0 Å². The molecule has 3 aliphatic carbocycles. The van der Waals surface area contributed by atoms with Crippen LogP contribution < -0.4 is 0 Å². The van der Waals surface area contributed by atoms with Gasteiger partial charge in [0.25, 0.3) is 0 Å². The Morgan fingerprint density at radius 1 is 0.561 bits per heavy atom. The highest BCUT2D eigenvalue weighted by Gasteiger charge is 2.52. The van der Waals surface area contributed by atoms with Crippen molar-refractivity contribution in [3.05, 3.63) is 185 Å². The Morgan fingerprint density at radius 3 is 1.66 bits per heavy atom. The van der Waals surface area contributed by atoms with Gasteiger partial charge in [0.2, 0.25) is 0 Å². The van der Waals surface area contributed by atoms with Gasteiger partial charge in [0.1, 0.15) is 0 Å². The molecular weight excluding hydrogens is 492 g/mol. The maximum Gasteiger partial charge on any atom is 0.0691 e. The van der Waals surface area contributed by atoms with Crippen molar-refractivity contribution < 1.29 is 0 Å². The molecule has 0 bridgehead atoms. The summed E-state index contributed by atoms with van der Waals surface area (Å²) in [5.74, 6) is 0. The molecule has 0 aliphatic heterocycles. The normalized spacial score (nSPS) is 16.4. The van der Waals surface area contributed by atoms with Crippen LogP contribution in [0, 0.1) is 0 Å². The standard InChI is InChI=1S/C41H32/c1-4-5-14-32-31-18-9-13-22-37(31)41(35-20-11-7-16-29(35)30-17-8-12-21-36(30)41)39(32)26-27-23-24-33-28-15-6-10-19-34(28)40(2,3)38(33)25-27/h4-25H,1,26H2,2-3H3/b14-5-. The monoisotopic (exact) mass is 524 g/mol. The molecule has 0 radical (unpaired) electrons. The third-order valence-electron chi connectivity index (χ3n) is 9.78. The largest absolute Gasteiger partial charge is 0.0991 e. The molecule has 0 amide bonds. The fourth-order valence-electron chi connectivity index (χ4n) is 8.07. The van der Waals surface area contributed by atoms with Crippen LogP contribution in [-0.2, 0) is 17.3 Å². The maximum atomic E-state index is 4.01. The lowest BCUT2D eigenvalue weighted by molar-refractivity contribution is 0.658. The first-order chi connectivity index (χ1) is 20.1. The molecule has 0 saturated carbocycles. The van der Waals surface area contributed by atoms with Gasteiger partial charge in [-0.25, -0.2) is 0 Å². The molecular formula is C41H32. The highest BCUT2D eigenvalue weighted by molar-refractivity contribution is 5.97. The molecule has 0 N–H and O–H groups in total. The van der Waals surface area contributed by atoms with Crippen LogP contribution in [0.3, 0.4) is 0 Å². The van der Waals surface area contributed by atoms with E-state index in [1.807, 2.05) is 6.08 Å². The van der Waals surface area contributed by atoms with Crippen LogP contribution in [0.15, 0.2) is 146 Å². The van der Waals surface area contributed by atoms with E-state index in [0.717, 1.165) is 6.42 Å². The topological polar surface area (TPSA) is 0 Å². The summed E-state index contributed by atoms with van der Waals surface area (Å²) in [6.07, 6.45) is 7.14. The van der Waals surface area contributed by atoms with E-state index in [2.05, 4.69) is 148 Å². The Kier molecular flexibility index (Phi) is 5.10. The van der Waals surface area contributed by atoms with Crippen LogP contribution in [0.4, 0.5) is 0 Å². The molecule has 0 fully saturated rings. The average molecular weight is 525 g/mol. The van der Waals surface area contributed by atoms with Crippen molar-refractivity contribution in [2.75, 3.05) is 0 Å². The van der Waals surface area contributed by atoms with E-state index in [1.165, 1.54) is 72.3 Å². The van der Waals surface area contributed by atoms with E-state index < -0.39 is 0 Å².